The molecule has 0 atom stereocenters. The third-order valence-electron chi connectivity index (χ3n) is 2.95. The van der Waals surface area contributed by atoms with E-state index in [0.717, 1.165) is 27.4 Å². The summed E-state index contributed by atoms with van der Waals surface area (Å²) in [6.07, 6.45) is 0.959. The molecule has 0 bridgehead atoms. The van der Waals surface area contributed by atoms with Crippen molar-refractivity contribution in [2.45, 2.75) is 33.1 Å². The smallest absolute Gasteiger partial charge is 0.133 e. The number of pyridine rings is 1. The Balaban J connectivity index is 2.78. The predicted molar refractivity (Wildman–Crippen MR) is 77.9 cm³/mol. The van der Waals surface area contributed by atoms with Crippen LogP contribution in [-0.2, 0) is 6.42 Å². The van der Waals surface area contributed by atoms with Gasteiger partial charge in [0.2, 0.25) is 0 Å². The first-order valence-corrected chi connectivity index (χ1v) is 6.98. The van der Waals surface area contributed by atoms with Crippen LogP contribution in [-0.4, -0.2) is 4.98 Å². The highest BCUT2D eigenvalue weighted by Crippen LogP contribution is 2.30. The number of hydrogen-bond donors (Lipinski definition) is 0. The number of benzene rings is 1. The number of rotatable bonds is 2. The second-order valence-corrected chi connectivity index (χ2v) is 5.79. The number of halogens is 2. The lowest BCUT2D eigenvalue weighted by atomic mass is 10.0. The molecule has 1 nitrogen and oxygen atoms in total. The molecule has 0 aliphatic rings. The molecule has 0 N–H and O–H groups in total. The van der Waals surface area contributed by atoms with E-state index < -0.39 is 0 Å². The van der Waals surface area contributed by atoms with E-state index >= 15 is 0 Å². The zero-order valence-corrected chi connectivity index (χ0v) is 12.6. The van der Waals surface area contributed by atoms with Gasteiger partial charge in [-0.3, -0.25) is 0 Å². The summed E-state index contributed by atoms with van der Waals surface area (Å²) in [6, 6.07) is 6.36. The van der Waals surface area contributed by atoms with Crippen molar-refractivity contribution in [2.24, 2.45) is 0 Å². The van der Waals surface area contributed by atoms with Gasteiger partial charge in [0.15, 0.2) is 0 Å². The van der Waals surface area contributed by atoms with Crippen LogP contribution in [0.2, 0.25) is 5.15 Å². The number of nitrogens with zero attached hydrogens (tertiary/aromatic N) is 1. The van der Waals surface area contributed by atoms with Crippen LogP contribution in [0, 0.1) is 0 Å². The van der Waals surface area contributed by atoms with E-state index in [-0.39, 0.29) is 0 Å². The van der Waals surface area contributed by atoms with E-state index in [1.807, 2.05) is 0 Å². The van der Waals surface area contributed by atoms with Crippen molar-refractivity contribution in [3.05, 3.63) is 39.0 Å². The topological polar surface area (TPSA) is 12.9 Å². The number of fused-ring (bicyclic) bond motifs is 1. The van der Waals surface area contributed by atoms with Crippen LogP contribution in [0.3, 0.4) is 0 Å². The van der Waals surface area contributed by atoms with E-state index in [4.69, 9.17) is 11.6 Å². The second kappa shape index (κ2) is 4.95. The van der Waals surface area contributed by atoms with Crippen molar-refractivity contribution >= 4 is 38.4 Å². The van der Waals surface area contributed by atoms with Crippen LogP contribution in [0.25, 0.3) is 10.9 Å². The lowest BCUT2D eigenvalue weighted by Crippen LogP contribution is -1.95. The predicted octanol–water partition coefficient (Wildman–Crippen LogP) is 5.34. The van der Waals surface area contributed by atoms with Gasteiger partial charge in [-0.2, -0.15) is 0 Å². The van der Waals surface area contributed by atoms with Crippen molar-refractivity contribution in [2.75, 3.05) is 0 Å². The van der Waals surface area contributed by atoms with Gasteiger partial charge in [0.25, 0.3) is 0 Å². The average Bonchev–Trinajstić information content (AvgIpc) is 2.27. The summed E-state index contributed by atoms with van der Waals surface area (Å²) in [5, 5.41) is 1.79. The molecule has 0 amide bonds. The molecule has 2 rings (SSSR count). The number of hydrogen-bond acceptors (Lipinski definition) is 1. The molecule has 1 aromatic carbocycles. The van der Waals surface area contributed by atoms with Crippen LogP contribution in [0.4, 0.5) is 0 Å². The molecule has 1 heterocycles. The first-order chi connectivity index (χ1) is 8.02. The lowest BCUT2D eigenvalue weighted by Gasteiger charge is -2.11. The molecule has 0 saturated carbocycles. The fraction of sp³-hybridized carbons (Fsp3) is 0.357. The van der Waals surface area contributed by atoms with E-state index in [0.29, 0.717) is 11.1 Å². The molecule has 3 heteroatoms. The summed E-state index contributed by atoms with van der Waals surface area (Å²) in [6.45, 7) is 6.40. The number of aromatic nitrogens is 1. The van der Waals surface area contributed by atoms with Gasteiger partial charge in [-0.1, -0.05) is 48.3 Å². The zero-order valence-electron chi connectivity index (χ0n) is 10.2. The van der Waals surface area contributed by atoms with Crippen LogP contribution < -0.4 is 0 Å². The summed E-state index contributed by atoms with van der Waals surface area (Å²) in [5.41, 5.74) is 3.36. The molecule has 90 valence electrons. The minimum atomic E-state index is 0.392. The molecule has 0 radical (unpaired) electrons. The largest absolute Gasteiger partial charge is 0.236 e. The van der Waals surface area contributed by atoms with Crippen LogP contribution >= 0.6 is 27.5 Å². The van der Waals surface area contributed by atoms with E-state index in [9.17, 15) is 0 Å². The van der Waals surface area contributed by atoms with Crippen molar-refractivity contribution in [3.63, 3.8) is 0 Å². The van der Waals surface area contributed by atoms with Gasteiger partial charge < -0.3 is 0 Å². The van der Waals surface area contributed by atoms with E-state index in [2.05, 4.69) is 59.9 Å². The fourth-order valence-electron chi connectivity index (χ4n) is 1.99. The van der Waals surface area contributed by atoms with Gasteiger partial charge >= 0.3 is 0 Å². The molecular formula is C14H15BrClN. The van der Waals surface area contributed by atoms with Gasteiger partial charge in [0, 0.05) is 9.86 Å². The van der Waals surface area contributed by atoms with E-state index in [1.54, 1.807) is 0 Å². The Morgan fingerprint density at radius 1 is 1.29 bits per heavy atom. The zero-order chi connectivity index (χ0) is 12.6. The minimum absolute atomic E-state index is 0.392. The minimum Gasteiger partial charge on any atom is -0.236 e. The molecular weight excluding hydrogens is 298 g/mol. The standard InChI is InChI=1S/C14H15BrClN/c1-4-9-5-11(15)6-10-7-12(8(2)3)14(16)17-13(9)10/h5-8H,4H2,1-3H3. The second-order valence-electron chi connectivity index (χ2n) is 4.51. The summed E-state index contributed by atoms with van der Waals surface area (Å²) in [4.78, 5) is 4.55. The monoisotopic (exact) mass is 311 g/mol. The van der Waals surface area contributed by atoms with Crippen molar-refractivity contribution in [1.29, 1.82) is 0 Å². The fourth-order valence-corrected chi connectivity index (χ4v) is 2.87. The maximum absolute atomic E-state index is 6.24. The van der Waals surface area contributed by atoms with Gasteiger partial charge in [-0.25, -0.2) is 4.98 Å². The summed E-state index contributed by atoms with van der Waals surface area (Å²) >= 11 is 9.79. The third kappa shape index (κ3) is 2.48. The van der Waals surface area contributed by atoms with Crippen molar-refractivity contribution in [1.82, 2.24) is 4.98 Å². The van der Waals surface area contributed by atoms with Gasteiger partial charge in [0.1, 0.15) is 5.15 Å². The first-order valence-electron chi connectivity index (χ1n) is 5.81. The maximum atomic E-state index is 6.24. The van der Waals surface area contributed by atoms with E-state index in [1.165, 1.54) is 5.56 Å². The molecule has 0 fully saturated rings. The molecule has 2 aromatic rings. The molecule has 1 aromatic heterocycles. The van der Waals surface area contributed by atoms with Crippen LogP contribution in [0.5, 0.6) is 0 Å². The highest BCUT2D eigenvalue weighted by atomic mass is 79.9. The Labute approximate surface area is 115 Å². The molecule has 17 heavy (non-hydrogen) atoms. The summed E-state index contributed by atoms with van der Waals surface area (Å²) in [7, 11) is 0. The quantitative estimate of drug-likeness (QED) is 0.682. The summed E-state index contributed by atoms with van der Waals surface area (Å²) in [5.74, 6) is 0.392. The Hall–Kier alpha value is -0.600. The van der Waals surface area contributed by atoms with Crippen LogP contribution in [0.1, 0.15) is 37.8 Å². The number of aryl methyl sites for hydroxylation is 1. The molecule has 0 spiro atoms. The molecule has 0 unspecified atom stereocenters. The highest BCUT2D eigenvalue weighted by molar-refractivity contribution is 9.10. The highest BCUT2D eigenvalue weighted by Gasteiger charge is 2.11. The lowest BCUT2D eigenvalue weighted by molar-refractivity contribution is 0.862. The maximum Gasteiger partial charge on any atom is 0.133 e. The van der Waals surface area contributed by atoms with Crippen molar-refractivity contribution < 1.29 is 0 Å². The summed E-state index contributed by atoms with van der Waals surface area (Å²) < 4.78 is 1.10. The molecule has 0 saturated heterocycles. The van der Waals surface area contributed by atoms with Crippen LogP contribution in [0.15, 0.2) is 22.7 Å². The van der Waals surface area contributed by atoms with Gasteiger partial charge in [0.05, 0.1) is 5.52 Å². The molecule has 0 aliphatic heterocycles. The average molecular weight is 313 g/mol. The first kappa shape index (κ1) is 12.8. The SMILES string of the molecule is CCc1cc(Br)cc2cc(C(C)C)c(Cl)nc12. The molecule has 0 aliphatic carbocycles. The van der Waals surface area contributed by atoms with Gasteiger partial charge in [-0.15, -0.1) is 0 Å². The van der Waals surface area contributed by atoms with Crippen molar-refractivity contribution in [3.8, 4) is 0 Å². The van der Waals surface area contributed by atoms with Gasteiger partial charge in [-0.05, 0) is 41.7 Å². The Morgan fingerprint density at radius 2 is 2.00 bits per heavy atom. The Bertz CT molecular complexity index is 564. The Kier molecular flexibility index (Phi) is 3.74. The normalized spacial score (nSPS) is 11.4. The Morgan fingerprint density at radius 3 is 2.59 bits per heavy atom. The third-order valence-corrected chi connectivity index (χ3v) is 3.71.